The first-order valence-electron chi connectivity index (χ1n) is 7.20. The highest BCUT2D eigenvalue weighted by Gasteiger charge is 2.52. The van der Waals surface area contributed by atoms with Crippen LogP contribution in [0, 0.1) is 10.1 Å². The minimum absolute atomic E-state index is 0.0449. The van der Waals surface area contributed by atoms with E-state index < -0.39 is 23.2 Å². The van der Waals surface area contributed by atoms with Crippen LogP contribution in [0.2, 0.25) is 5.15 Å². The summed E-state index contributed by atoms with van der Waals surface area (Å²) in [6.45, 7) is 7.71. The number of nitro groups is 1. The summed E-state index contributed by atoms with van der Waals surface area (Å²) >= 11 is 6.11. The van der Waals surface area contributed by atoms with Crippen LogP contribution in [-0.2, 0) is 9.31 Å². The second-order valence-corrected chi connectivity index (χ2v) is 6.94. The molecule has 1 aromatic carbocycles. The summed E-state index contributed by atoms with van der Waals surface area (Å²) in [5.41, 5.74) is -0.547. The molecule has 1 aliphatic rings. The molecule has 0 spiro atoms. The minimum Gasteiger partial charge on any atom is -0.399 e. The minimum atomic E-state index is -0.695. The van der Waals surface area contributed by atoms with Gasteiger partial charge in [-0.15, -0.1) is 0 Å². The number of fused-ring (bicyclic) bond motifs is 1. The molecule has 3 rings (SSSR count). The Morgan fingerprint density at radius 1 is 1.17 bits per heavy atom. The lowest BCUT2D eigenvalue weighted by atomic mass is 9.78. The molecular weight excluding hydrogens is 318 g/mol. The quantitative estimate of drug-likeness (QED) is 0.365. The number of nitrogens with zero attached hydrogens (tertiary/aromatic N) is 2. The van der Waals surface area contributed by atoms with E-state index >= 15 is 0 Å². The molecule has 0 N–H and O–H groups in total. The molecule has 2 aromatic rings. The lowest BCUT2D eigenvalue weighted by Gasteiger charge is -2.32. The molecule has 8 heteroatoms. The highest BCUT2D eigenvalue weighted by atomic mass is 35.5. The number of halogens is 1. The van der Waals surface area contributed by atoms with E-state index in [2.05, 4.69) is 4.98 Å². The van der Waals surface area contributed by atoms with E-state index in [-0.39, 0.29) is 10.8 Å². The molecule has 0 atom stereocenters. The van der Waals surface area contributed by atoms with E-state index in [1.54, 1.807) is 12.1 Å². The van der Waals surface area contributed by atoms with Gasteiger partial charge in [0.1, 0.15) is 5.15 Å². The van der Waals surface area contributed by atoms with Crippen LogP contribution in [0.4, 0.5) is 5.69 Å². The van der Waals surface area contributed by atoms with Crippen LogP contribution in [0.1, 0.15) is 27.7 Å². The molecule has 1 saturated heterocycles. The molecule has 1 fully saturated rings. The third kappa shape index (κ3) is 2.58. The first-order valence-corrected chi connectivity index (χ1v) is 7.58. The lowest BCUT2D eigenvalue weighted by molar-refractivity contribution is -0.383. The number of nitro benzene ring substituents is 1. The van der Waals surface area contributed by atoms with Gasteiger partial charge < -0.3 is 9.31 Å². The number of pyridine rings is 1. The maximum Gasteiger partial charge on any atom is 0.495 e. The molecule has 0 radical (unpaired) electrons. The number of aromatic nitrogens is 1. The topological polar surface area (TPSA) is 74.5 Å². The number of rotatable bonds is 2. The standard InChI is InChI=1S/C15H16BClN2O4/c1-14(2)15(3,4)23-16(22-14)9-7-11-10(5-6-18-13(11)17)12(8-9)19(20)21/h5-8H,1-4H3. The van der Waals surface area contributed by atoms with Crippen LogP contribution in [0.25, 0.3) is 10.8 Å². The number of benzene rings is 1. The molecule has 0 saturated carbocycles. The summed E-state index contributed by atoms with van der Waals surface area (Å²) in [6.07, 6.45) is 1.45. The largest absolute Gasteiger partial charge is 0.495 e. The van der Waals surface area contributed by atoms with E-state index in [1.165, 1.54) is 12.3 Å². The third-order valence-electron chi connectivity index (χ3n) is 4.55. The average molecular weight is 335 g/mol. The molecule has 1 aliphatic heterocycles. The van der Waals surface area contributed by atoms with Crippen molar-refractivity contribution in [1.29, 1.82) is 0 Å². The van der Waals surface area contributed by atoms with Crippen molar-refractivity contribution in [1.82, 2.24) is 4.98 Å². The molecule has 0 bridgehead atoms. The highest BCUT2D eigenvalue weighted by Crippen LogP contribution is 2.37. The second kappa shape index (κ2) is 5.16. The van der Waals surface area contributed by atoms with Crippen LogP contribution in [0.3, 0.4) is 0 Å². The fourth-order valence-corrected chi connectivity index (χ4v) is 2.73. The Morgan fingerprint density at radius 3 is 2.35 bits per heavy atom. The number of hydrogen-bond donors (Lipinski definition) is 0. The van der Waals surface area contributed by atoms with Gasteiger partial charge in [0.2, 0.25) is 0 Å². The van der Waals surface area contributed by atoms with Crippen molar-refractivity contribution < 1.29 is 14.2 Å². The van der Waals surface area contributed by atoms with E-state index in [1.807, 2.05) is 27.7 Å². The normalized spacial score (nSPS) is 19.3. The van der Waals surface area contributed by atoms with Crippen molar-refractivity contribution >= 4 is 40.6 Å². The summed E-state index contributed by atoms with van der Waals surface area (Å²) in [5, 5.41) is 12.6. The number of hydrogen-bond acceptors (Lipinski definition) is 5. The van der Waals surface area contributed by atoms with E-state index in [0.717, 1.165) is 0 Å². The Labute approximate surface area is 139 Å². The van der Waals surface area contributed by atoms with Crippen molar-refractivity contribution in [3.8, 4) is 0 Å². The van der Waals surface area contributed by atoms with Gasteiger partial charge in [0.25, 0.3) is 5.69 Å². The van der Waals surface area contributed by atoms with Gasteiger partial charge >= 0.3 is 7.12 Å². The molecule has 0 unspecified atom stereocenters. The summed E-state index contributed by atoms with van der Waals surface area (Å²) < 4.78 is 11.9. The molecule has 6 nitrogen and oxygen atoms in total. The molecular formula is C15H16BClN2O4. The van der Waals surface area contributed by atoms with Crippen molar-refractivity contribution in [3.05, 3.63) is 39.7 Å². The molecule has 0 aliphatic carbocycles. The third-order valence-corrected chi connectivity index (χ3v) is 4.86. The fourth-order valence-electron chi connectivity index (χ4n) is 2.52. The van der Waals surface area contributed by atoms with Gasteiger partial charge in [0.05, 0.1) is 21.5 Å². The predicted molar refractivity (Wildman–Crippen MR) is 89.1 cm³/mol. The molecule has 1 aromatic heterocycles. The first-order chi connectivity index (χ1) is 10.6. The predicted octanol–water partition coefficient (Wildman–Crippen LogP) is 3.10. The van der Waals surface area contributed by atoms with E-state index in [4.69, 9.17) is 20.9 Å². The Hall–Kier alpha value is -1.70. The Kier molecular flexibility index (Phi) is 3.63. The van der Waals surface area contributed by atoms with Crippen LogP contribution >= 0.6 is 11.6 Å². The average Bonchev–Trinajstić information content (AvgIpc) is 2.67. The Bertz CT molecular complexity index is 793. The fraction of sp³-hybridized carbons (Fsp3) is 0.400. The van der Waals surface area contributed by atoms with Crippen molar-refractivity contribution in [2.75, 3.05) is 0 Å². The van der Waals surface area contributed by atoms with Crippen LogP contribution in [-0.4, -0.2) is 28.2 Å². The van der Waals surface area contributed by atoms with Crippen LogP contribution in [0.5, 0.6) is 0 Å². The van der Waals surface area contributed by atoms with Crippen molar-refractivity contribution in [2.24, 2.45) is 0 Å². The lowest BCUT2D eigenvalue weighted by Crippen LogP contribution is -2.41. The summed E-state index contributed by atoms with van der Waals surface area (Å²) in [7, 11) is -0.695. The van der Waals surface area contributed by atoms with E-state index in [0.29, 0.717) is 16.2 Å². The van der Waals surface area contributed by atoms with Crippen molar-refractivity contribution in [2.45, 2.75) is 38.9 Å². The SMILES string of the molecule is CC1(C)OB(c2cc([N+](=O)[O-])c3ccnc(Cl)c3c2)OC1(C)C. The molecule has 0 amide bonds. The summed E-state index contributed by atoms with van der Waals surface area (Å²) in [6, 6.07) is 4.79. The Morgan fingerprint density at radius 2 is 1.78 bits per heavy atom. The summed E-state index contributed by atoms with van der Waals surface area (Å²) in [5.74, 6) is 0. The smallest absolute Gasteiger partial charge is 0.399 e. The highest BCUT2D eigenvalue weighted by molar-refractivity contribution is 6.62. The van der Waals surface area contributed by atoms with Gasteiger partial charge in [0.15, 0.2) is 0 Å². The first kappa shape index (κ1) is 16.2. The molecule has 120 valence electrons. The zero-order valence-corrected chi connectivity index (χ0v) is 14.0. The van der Waals surface area contributed by atoms with Gasteiger partial charge in [-0.25, -0.2) is 4.98 Å². The molecule has 23 heavy (non-hydrogen) atoms. The number of non-ortho nitro benzene ring substituents is 1. The van der Waals surface area contributed by atoms with Gasteiger partial charge in [-0.1, -0.05) is 17.7 Å². The van der Waals surface area contributed by atoms with Crippen LogP contribution < -0.4 is 5.46 Å². The molecule has 2 heterocycles. The van der Waals surface area contributed by atoms with Crippen molar-refractivity contribution in [3.63, 3.8) is 0 Å². The Balaban J connectivity index is 2.17. The zero-order valence-electron chi connectivity index (χ0n) is 13.3. The summed E-state index contributed by atoms with van der Waals surface area (Å²) in [4.78, 5) is 15.0. The maximum atomic E-state index is 11.4. The van der Waals surface area contributed by atoms with E-state index in [9.17, 15) is 10.1 Å². The maximum absolute atomic E-state index is 11.4. The van der Waals surface area contributed by atoms with Gasteiger partial charge in [-0.2, -0.15) is 0 Å². The van der Waals surface area contributed by atoms with Gasteiger partial charge in [-0.05, 0) is 39.2 Å². The zero-order chi connectivity index (χ0) is 17.0. The monoisotopic (exact) mass is 334 g/mol. The van der Waals surface area contributed by atoms with Gasteiger partial charge in [0, 0.05) is 17.6 Å². The van der Waals surface area contributed by atoms with Crippen LogP contribution in [0.15, 0.2) is 24.4 Å². The second-order valence-electron chi connectivity index (χ2n) is 6.58. The van der Waals surface area contributed by atoms with Gasteiger partial charge in [-0.3, -0.25) is 10.1 Å².